The zero-order valence-corrected chi connectivity index (χ0v) is 10.9. The number of nitrogens with zero attached hydrogens (tertiary/aromatic N) is 2. The van der Waals surface area contributed by atoms with Crippen LogP contribution in [-0.2, 0) is 0 Å². The third kappa shape index (κ3) is 2.54. The van der Waals surface area contributed by atoms with Crippen molar-refractivity contribution in [2.45, 2.75) is 33.7 Å². The second kappa shape index (κ2) is 3.98. The number of aromatic amines is 1. The summed E-state index contributed by atoms with van der Waals surface area (Å²) in [6, 6.07) is 0.427. The lowest BCUT2D eigenvalue weighted by Gasteiger charge is -2.34. The molecule has 1 rings (SSSR count). The summed E-state index contributed by atoms with van der Waals surface area (Å²) in [5.74, 6) is 0. The lowest BCUT2D eigenvalue weighted by molar-refractivity contribution is 0.329. The minimum absolute atomic E-state index is 0.238. The molecule has 0 radical (unpaired) electrons. The van der Waals surface area contributed by atoms with Crippen LogP contribution in [0.5, 0.6) is 0 Å². The molecule has 0 spiro atoms. The zero-order valence-electron chi connectivity index (χ0n) is 9.29. The van der Waals surface area contributed by atoms with E-state index in [4.69, 9.17) is 12.2 Å². The van der Waals surface area contributed by atoms with Gasteiger partial charge in [0.2, 0.25) is 5.13 Å². The first-order chi connectivity index (χ1) is 6.32. The molecule has 0 saturated carbocycles. The van der Waals surface area contributed by atoms with Crippen LogP contribution >= 0.6 is 23.6 Å². The van der Waals surface area contributed by atoms with Gasteiger partial charge in [-0.15, -0.1) is 5.10 Å². The van der Waals surface area contributed by atoms with Crippen molar-refractivity contribution < 1.29 is 0 Å². The highest BCUT2D eigenvalue weighted by molar-refractivity contribution is 7.73. The second-order valence-corrected chi connectivity index (χ2v) is 6.19. The molecule has 0 amide bonds. The molecule has 1 aromatic heterocycles. The maximum Gasteiger partial charge on any atom is 0.206 e. The van der Waals surface area contributed by atoms with Crippen LogP contribution in [0.4, 0.5) is 5.13 Å². The van der Waals surface area contributed by atoms with Crippen LogP contribution < -0.4 is 4.90 Å². The maximum absolute atomic E-state index is 5.01. The van der Waals surface area contributed by atoms with Crippen molar-refractivity contribution in [3.05, 3.63) is 3.95 Å². The Balaban J connectivity index is 2.85. The molecule has 0 saturated heterocycles. The molecular weight excluding hydrogens is 214 g/mol. The first kappa shape index (κ1) is 11.7. The first-order valence-corrected chi connectivity index (χ1v) is 5.83. The van der Waals surface area contributed by atoms with Gasteiger partial charge in [-0.25, -0.2) is 0 Å². The summed E-state index contributed by atoms with van der Waals surface area (Å²) in [5, 5.41) is 7.92. The molecule has 0 aliphatic carbocycles. The minimum atomic E-state index is 0.238. The van der Waals surface area contributed by atoms with Gasteiger partial charge in [0.05, 0.1) is 0 Å². The van der Waals surface area contributed by atoms with E-state index in [0.717, 1.165) is 9.09 Å². The molecule has 1 atom stereocenters. The van der Waals surface area contributed by atoms with E-state index in [1.165, 1.54) is 11.3 Å². The van der Waals surface area contributed by atoms with E-state index in [0.29, 0.717) is 6.04 Å². The zero-order chi connectivity index (χ0) is 10.9. The summed E-state index contributed by atoms with van der Waals surface area (Å²) in [4.78, 5) is 2.16. The van der Waals surface area contributed by atoms with E-state index in [2.05, 4.69) is 49.8 Å². The highest BCUT2D eigenvalue weighted by atomic mass is 32.1. The number of hydrogen-bond donors (Lipinski definition) is 1. The number of nitrogens with one attached hydrogen (secondary N) is 1. The van der Waals surface area contributed by atoms with E-state index in [-0.39, 0.29) is 5.41 Å². The minimum Gasteiger partial charge on any atom is -0.347 e. The molecule has 80 valence electrons. The Morgan fingerprint density at radius 1 is 1.50 bits per heavy atom. The average Bonchev–Trinajstić information content (AvgIpc) is 2.47. The van der Waals surface area contributed by atoms with Crippen LogP contribution in [0, 0.1) is 9.37 Å². The Bertz CT molecular complexity index is 347. The van der Waals surface area contributed by atoms with Crippen molar-refractivity contribution in [3.8, 4) is 0 Å². The van der Waals surface area contributed by atoms with E-state index in [1.54, 1.807) is 0 Å². The van der Waals surface area contributed by atoms with E-state index >= 15 is 0 Å². The van der Waals surface area contributed by atoms with Gasteiger partial charge in [0.1, 0.15) is 0 Å². The Hall–Kier alpha value is -0.420. The summed E-state index contributed by atoms with van der Waals surface area (Å²) in [6.07, 6.45) is 0. The van der Waals surface area contributed by atoms with Crippen LogP contribution in [0.3, 0.4) is 0 Å². The number of aromatic nitrogens is 2. The smallest absolute Gasteiger partial charge is 0.206 e. The van der Waals surface area contributed by atoms with Crippen molar-refractivity contribution in [1.29, 1.82) is 0 Å². The first-order valence-electron chi connectivity index (χ1n) is 4.60. The van der Waals surface area contributed by atoms with Crippen LogP contribution in [0.15, 0.2) is 0 Å². The van der Waals surface area contributed by atoms with Gasteiger partial charge in [-0.3, -0.25) is 5.10 Å². The summed E-state index contributed by atoms with van der Waals surface area (Å²) in [7, 11) is 2.05. The molecule has 1 N–H and O–H groups in total. The Morgan fingerprint density at radius 3 is 2.43 bits per heavy atom. The lowest BCUT2D eigenvalue weighted by atomic mass is 9.87. The number of anilines is 1. The largest absolute Gasteiger partial charge is 0.347 e. The lowest BCUT2D eigenvalue weighted by Crippen LogP contribution is -2.39. The van der Waals surface area contributed by atoms with Crippen molar-refractivity contribution >= 4 is 28.7 Å². The third-order valence-electron chi connectivity index (χ3n) is 2.56. The van der Waals surface area contributed by atoms with Crippen molar-refractivity contribution in [3.63, 3.8) is 0 Å². The molecule has 1 heterocycles. The van der Waals surface area contributed by atoms with E-state index in [1.807, 2.05) is 0 Å². The van der Waals surface area contributed by atoms with Gasteiger partial charge < -0.3 is 4.90 Å². The fraction of sp³-hybridized carbons (Fsp3) is 0.778. The van der Waals surface area contributed by atoms with Crippen LogP contribution in [-0.4, -0.2) is 23.3 Å². The molecule has 0 aromatic carbocycles. The molecule has 0 aliphatic rings. The summed E-state index contributed by atoms with van der Waals surface area (Å²) in [6.45, 7) is 8.87. The van der Waals surface area contributed by atoms with Gasteiger partial charge in [-0.1, -0.05) is 32.1 Å². The van der Waals surface area contributed by atoms with Crippen LogP contribution in [0.2, 0.25) is 0 Å². The average molecular weight is 231 g/mol. The molecular formula is C9H17N3S2. The van der Waals surface area contributed by atoms with Crippen LogP contribution in [0.1, 0.15) is 27.7 Å². The maximum atomic E-state index is 5.01. The van der Waals surface area contributed by atoms with Gasteiger partial charge in [0.15, 0.2) is 3.95 Å². The van der Waals surface area contributed by atoms with Gasteiger partial charge in [0, 0.05) is 13.1 Å². The quantitative estimate of drug-likeness (QED) is 0.794. The monoisotopic (exact) mass is 231 g/mol. The van der Waals surface area contributed by atoms with Crippen molar-refractivity contribution in [2.75, 3.05) is 11.9 Å². The summed E-state index contributed by atoms with van der Waals surface area (Å²) >= 11 is 6.52. The predicted octanol–water partition coefficient (Wildman–Crippen LogP) is 3.07. The van der Waals surface area contributed by atoms with Gasteiger partial charge in [-0.05, 0) is 24.6 Å². The molecule has 0 aliphatic heterocycles. The molecule has 1 aromatic rings. The highest BCUT2D eigenvalue weighted by Crippen LogP contribution is 2.28. The second-order valence-electron chi connectivity index (χ2n) is 4.55. The molecule has 1 unspecified atom stereocenters. The molecule has 5 heteroatoms. The normalized spacial score (nSPS) is 14.1. The number of H-pyrrole nitrogens is 1. The Kier molecular flexibility index (Phi) is 3.32. The predicted molar refractivity (Wildman–Crippen MR) is 64.6 cm³/mol. The number of rotatable bonds is 2. The highest BCUT2D eigenvalue weighted by Gasteiger charge is 2.25. The van der Waals surface area contributed by atoms with Gasteiger partial charge in [0.25, 0.3) is 0 Å². The SMILES string of the molecule is CC(N(C)c1n[nH]c(=S)s1)C(C)(C)C. The van der Waals surface area contributed by atoms with Crippen molar-refractivity contribution in [2.24, 2.45) is 5.41 Å². The summed E-state index contributed by atoms with van der Waals surface area (Å²) in [5.41, 5.74) is 0.238. The van der Waals surface area contributed by atoms with Gasteiger partial charge in [-0.2, -0.15) is 0 Å². The topological polar surface area (TPSA) is 31.9 Å². The Morgan fingerprint density at radius 2 is 2.07 bits per heavy atom. The van der Waals surface area contributed by atoms with E-state index in [9.17, 15) is 0 Å². The molecule has 0 bridgehead atoms. The molecule has 14 heavy (non-hydrogen) atoms. The van der Waals surface area contributed by atoms with Crippen LogP contribution in [0.25, 0.3) is 0 Å². The molecule has 3 nitrogen and oxygen atoms in total. The number of hydrogen-bond acceptors (Lipinski definition) is 4. The fourth-order valence-corrected chi connectivity index (χ4v) is 2.04. The standard InChI is InChI=1S/C9H17N3S2/c1-6(9(2,3)4)12(5)7-10-11-8(13)14-7/h6H,1-5H3,(H,11,13). The van der Waals surface area contributed by atoms with Crippen molar-refractivity contribution in [1.82, 2.24) is 10.2 Å². The summed E-state index contributed by atoms with van der Waals surface area (Å²) < 4.78 is 0.730. The Labute approximate surface area is 94.2 Å². The molecule has 0 fully saturated rings. The fourth-order valence-electron chi connectivity index (χ4n) is 1.12. The van der Waals surface area contributed by atoms with E-state index < -0.39 is 0 Å². The third-order valence-corrected chi connectivity index (χ3v) is 3.74. The van der Waals surface area contributed by atoms with Gasteiger partial charge >= 0.3 is 0 Å².